The van der Waals surface area contributed by atoms with Crippen LogP contribution in [-0.4, -0.2) is 0 Å². The zero-order valence-corrected chi connectivity index (χ0v) is 13.6. The van der Waals surface area contributed by atoms with Gasteiger partial charge in [0.2, 0.25) is 0 Å². The van der Waals surface area contributed by atoms with Crippen molar-refractivity contribution in [1.82, 2.24) is 0 Å². The molecule has 2 aromatic carbocycles. The SMILES string of the molecule is Cc1cc(Oc2cc(C)c(Br)c(C)c2)ccc1CCl. The Morgan fingerprint density at radius 1 is 0.947 bits per heavy atom. The van der Waals surface area contributed by atoms with Gasteiger partial charge in [-0.1, -0.05) is 22.0 Å². The first-order valence-electron chi connectivity index (χ1n) is 6.11. The van der Waals surface area contributed by atoms with Crippen LogP contribution in [0.3, 0.4) is 0 Å². The van der Waals surface area contributed by atoms with E-state index < -0.39 is 0 Å². The van der Waals surface area contributed by atoms with Crippen molar-refractivity contribution in [3.63, 3.8) is 0 Å². The van der Waals surface area contributed by atoms with Gasteiger partial charge in [0.25, 0.3) is 0 Å². The molecule has 3 heteroatoms. The fourth-order valence-electron chi connectivity index (χ4n) is 1.98. The van der Waals surface area contributed by atoms with Crippen LogP contribution in [0, 0.1) is 20.8 Å². The minimum Gasteiger partial charge on any atom is -0.457 e. The number of halogens is 2. The van der Waals surface area contributed by atoms with Crippen LogP contribution in [0.15, 0.2) is 34.8 Å². The second kappa shape index (κ2) is 5.98. The third-order valence-corrected chi connectivity index (χ3v) is 4.64. The molecule has 2 rings (SSSR count). The summed E-state index contributed by atoms with van der Waals surface area (Å²) < 4.78 is 7.04. The molecule has 0 amide bonds. The van der Waals surface area contributed by atoms with Gasteiger partial charge in [-0.25, -0.2) is 0 Å². The van der Waals surface area contributed by atoms with E-state index in [1.54, 1.807) is 0 Å². The third-order valence-electron chi connectivity index (χ3n) is 3.10. The number of benzene rings is 2. The molecule has 0 aliphatic heterocycles. The van der Waals surface area contributed by atoms with E-state index in [2.05, 4.69) is 29.8 Å². The summed E-state index contributed by atoms with van der Waals surface area (Å²) >= 11 is 9.42. The lowest BCUT2D eigenvalue weighted by molar-refractivity contribution is 0.481. The van der Waals surface area contributed by atoms with Crippen LogP contribution >= 0.6 is 27.5 Å². The molecule has 0 spiro atoms. The number of hydrogen-bond donors (Lipinski definition) is 0. The molecule has 0 saturated heterocycles. The maximum Gasteiger partial charge on any atom is 0.128 e. The van der Waals surface area contributed by atoms with Gasteiger partial charge in [-0.3, -0.25) is 0 Å². The van der Waals surface area contributed by atoms with Crippen molar-refractivity contribution in [2.45, 2.75) is 26.7 Å². The van der Waals surface area contributed by atoms with Gasteiger partial charge in [0.1, 0.15) is 11.5 Å². The zero-order chi connectivity index (χ0) is 14.0. The molecule has 100 valence electrons. The van der Waals surface area contributed by atoms with Crippen LogP contribution in [0.2, 0.25) is 0 Å². The van der Waals surface area contributed by atoms with Gasteiger partial charge >= 0.3 is 0 Å². The molecule has 0 unspecified atom stereocenters. The molecule has 0 saturated carbocycles. The molecule has 1 nitrogen and oxygen atoms in total. The Balaban J connectivity index is 2.29. The van der Waals surface area contributed by atoms with Gasteiger partial charge in [0.15, 0.2) is 0 Å². The standard InChI is InChI=1S/C16H16BrClO/c1-10-6-14(5-4-13(10)9-18)19-15-7-11(2)16(17)12(3)8-15/h4-8H,9H2,1-3H3. The summed E-state index contributed by atoms with van der Waals surface area (Å²) in [6.45, 7) is 6.17. The molecular formula is C16H16BrClO. The van der Waals surface area contributed by atoms with Gasteiger partial charge in [-0.2, -0.15) is 0 Å². The molecule has 0 radical (unpaired) electrons. The number of ether oxygens (including phenoxy) is 1. The summed E-state index contributed by atoms with van der Waals surface area (Å²) in [4.78, 5) is 0. The fraction of sp³-hybridized carbons (Fsp3) is 0.250. The largest absolute Gasteiger partial charge is 0.457 e. The summed E-state index contributed by atoms with van der Waals surface area (Å²) in [6.07, 6.45) is 0. The molecule has 0 fully saturated rings. The highest BCUT2D eigenvalue weighted by molar-refractivity contribution is 9.10. The second-order valence-corrected chi connectivity index (χ2v) is 5.76. The van der Waals surface area contributed by atoms with E-state index in [1.807, 2.05) is 37.3 Å². The number of rotatable bonds is 3. The monoisotopic (exact) mass is 338 g/mol. The van der Waals surface area contributed by atoms with E-state index in [0.717, 1.165) is 27.1 Å². The van der Waals surface area contributed by atoms with E-state index >= 15 is 0 Å². The first-order chi connectivity index (χ1) is 9.01. The van der Waals surface area contributed by atoms with Gasteiger partial charge in [-0.05, 0) is 67.3 Å². The maximum atomic E-state index is 5.91. The topological polar surface area (TPSA) is 9.23 Å². The lowest BCUT2D eigenvalue weighted by Crippen LogP contribution is -1.91. The van der Waals surface area contributed by atoms with Gasteiger partial charge < -0.3 is 4.74 Å². The van der Waals surface area contributed by atoms with Crippen molar-refractivity contribution in [3.05, 3.63) is 57.1 Å². The number of hydrogen-bond acceptors (Lipinski definition) is 1. The van der Waals surface area contributed by atoms with Gasteiger partial charge in [-0.15, -0.1) is 11.6 Å². The second-order valence-electron chi connectivity index (χ2n) is 4.70. The Morgan fingerprint density at radius 2 is 1.53 bits per heavy atom. The van der Waals surface area contributed by atoms with Crippen molar-refractivity contribution in [2.24, 2.45) is 0 Å². The lowest BCUT2D eigenvalue weighted by atomic mass is 10.1. The first kappa shape index (κ1) is 14.4. The van der Waals surface area contributed by atoms with Gasteiger partial charge in [0.05, 0.1) is 0 Å². The van der Waals surface area contributed by atoms with Crippen molar-refractivity contribution >= 4 is 27.5 Å². The Labute approximate surface area is 127 Å². The van der Waals surface area contributed by atoms with Crippen molar-refractivity contribution in [2.75, 3.05) is 0 Å². The quantitative estimate of drug-likeness (QED) is 0.632. The van der Waals surface area contributed by atoms with E-state index in [0.29, 0.717) is 5.88 Å². The normalized spacial score (nSPS) is 10.6. The summed E-state index contributed by atoms with van der Waals surface area (Å²) in [6, 6.07) is 10.0. The number of alkyl halides is 1. The molecule has 2 aromatic rings. The molecule has 0 bridgehead atoms. The average Bonchev–Trinajstić information content (AvgIpc) is 2.36. The van der Waals surface area contributed by atoms with Crippen LogP contribution in [0.5, 0.6) is 11.5 Å². The summed E-state index contributed by atoms with van der Waals surface area (Å²) in [5, 5.41) is 0. The summed E-state index contributed by atoms with van der Waals surface area (Å²) in [5.74, 6) is 2.23. The Hall–Kier alpha value is -0.990. The minimum absolute atomic E-state index is 0.530. The van der Waals surface area contributed by atoms with Crippen molar-refractivity contribution < 1.29 is 4.74 Å². The molecule has 0 atom stereocenters. The van der Waals surface area contributed by atoms with E-state index in [-0.39, 0.29) is 0 Å². The minimum atomic E-state index is 0.530. The van der Waals surface area contributed by atoms with Crippen molar-refractivity contribution in [1.29, 1.82) is 0 Å². The highest BCUT2D eigenvalue weighted by Gasteiger charge is 2.05. The van der Waals surface area contributed by atoms with Crippen LogP contribution in [-0.2, 0) is 5.88 Å². The van der Waals surface area contributed by atoms with Gasteiger partial charge in [0, 0.05) is 10.4 Å². The molecule has 0 aromatic heterocycles. The maximum absolute atomic E-state index is 5.91. The lowest BCUT2D eigenvalue weighted by Gasteiger charge is -2.11. The molecular weight excluding hydrogens is 324 g/mol. The molecule has 19 heavy (non-hydrogen) atoms. The third kappa shape index (κ3) is 3.31. The summed E-state index contributed by atoms with van der Waals surface area (Å²) in [7, 11) is 0. The smallest absolute Gasteiger partial charge is 0.128 e. The highest BCUT2D eigenvalue weighted by atomic mass is 79.9. The van der Waals surface area contributed by atoms with E-state index in [4.69, 9.17) is 16.3 Å². The zero-order valence-electron chi connectivity index (χ0n) is 11.3. The van der Waals surface area contributed by atoms with Crippen LogP contribution in [0.1, 0.15) is 22.3 Å². The average molecular weight is 340 g/mol. The Bertz CT molecular complexity index is 585. The Morgan fingerprint density at radius 3 is 2.05 bits per heavy atom. The molecule has 0 heterocycles. The predicted molar refractivity (Wildman–Crippen MR) is 84.4 cm³/mol. The number of aryl methyl sites for hydroxylation is 3. The summed E-state index contributed by atoms with van der Waals surface area (Å²) in [5.41, 5.74) is 4.63. The van der Waals surface area contributed by atoms with Crippen LogP contribution < -0.4 is 4.74 Å². The van der Waals surface area contributed by atoms with Crippen molar-refractivity contribution in [3.8, 4) is 11.5 Å². The van der Waals surface area contributed by atoms with E-state index in [9.17, 15) is 0 Å². The Kier molecular flexibility index (Phi) is 4.54. The fourth-order valence-corrected chi connectivity index (χ4v) is 2.51. The van der Waals surface area contributed by atoms with Crippen LogP contribution in [0.25, 0.3) is 0 Å². The predicted octanol–water partition coefficient (Wildman–Crippen LogP) is 5.91. The molecule has 0 aliphatic rings. The van der Waals surface area contributed by atoms with E-state index in [1.165, 1.54) is 11.1 Å². The molecule has 0 aliphatic carbocycles. The first-order valence-corrected chi connectivity index (χ1v) is 7.44. The molecule has 0 N–H and O–H groups in total. The highest BCUT2D eigenvalue weighted by Crippen LogP contribution is 2.30. The van der Waals surface area contributed by atoms with Crippen LogP contribution in [0.4, 0.5) is 0 Å².